The molecule has 0 radical (unpaired) electrons. The highest BCUT2D eigenvalue weighted by atomic mass is 15.2. The Bertz CT molecular complexity index is 18.0. The fraction of sp³-hybridized carbons (Fsp3) is 0.500. The van der Waals surface area contributed by atoms with Crippen LogP contribution in [0.5, 0.6) is 0 Å². The summed E-state index contributed by atoms with van der Waals surface area (Å²) in [6.07, 6.45) is 0. The van der Waals surface area contributed by atoms with Crippen LogP contribution >= 0.6 is 0 Å². The lowest BCUT2D eigenvalue weighted by Crippen LogP contribution is -2.58. The molecule has 0 aliphatic rings. The molecule has 0 rings (SSSR count). The molecular formula is C2H6N2. The van der Waals surface area contributed by atoms with E-state index in [0.29, 0.717) is 0 Å². The first-order valence-electron chi connectivity index (χ1n) is 1.02. The highest BCUT2D eigenvalue weighted by Gasteiger charge is 1.23. The molecule has 0 heterocycles. The molecule has 2 nitrogen and oxygen atoms in total. The molecule has 4 heavy (non-hydrogen) atoms. The maximum atomic E-state index is 3.38. The molecule has 0 atom stereocenters. The van der Waals surface area contributed by atoms with E-state index in [9.17, 15) is 0 Å². The molecule has 0 aliphatic carbocycles. The van der Waals surface area contributed by atoms with Gasteiger partial charge >= 0.3 is 0 Å². The molecule has 24 valence electrons. The van der Waals surface area contributed by atoms with Crippen molar-refractivity contribution in [1.82, 2.24) is 0 Å². The molecular weight excluding hydrogens is 52.0 g/mol. The van der Waals surface area contributed by atoms with Gasteiger partial charge in [-0.05, 0) is 0 Å². The van der Waals surface area contributed by atoms with Crippen LogP contribution < -0.4 is 5.10 Å². The number of nitrogens with zero attached hydrogens (tertiary/aromatic N) is 1. The Balaban J connectivity index is 2.30. The zero-order chi connectivity index (χ0) is 3.41. The smallest absolute Gasteiger partial charge is 0.120 e. The summed E-state index contributed by atoms with van der Waals surface area (Å²) in [5.74, 6) is 0. The lowest BCUT2D eigenvalue weighted by molar-refractivity contribution is -0.384. The first-order valence-corrected chi connectivity index (χ1v) is 1.02. The summed E-state index contributed by atoms with van der Waals surface area (Å²) in [5.41, 5.74) is 3.38. The van der Waals surface area contributed by atoms with Crippen LogP contribution in [0.15, 0.2) is 0 Å². The minimum Gasteiger partial charge on any atom is -0.446 e. The van der Waals surface area contributed by atoms with Gasteiger partial charge in [0.15, 0.2) is 0 Å². The van der Waals surface area contributed by atoms with E-state index in [4.69, 9.17) is 0 Å². The van der Waals surface area contributed by atoms with Crippen LogP contribution in [-0.2, 0) is 0 Å². The summed E-state index contributed by atoms with van der Waals surface area (Å²) in [6, 6.07) is 0. The van der Waals surface area contributed by atoms with Crippen molar-refractivity contribution in [2.45, 2.75) is 0 Å². The van der Waals surface area contributed by atoms with Crippen LogP contribution in [0.2, 0.25) is 0 Å². The van der Waals surface area contributed by atoms with Crippen molar-refractivity contribution in [2.24, 2.45) is 0 Å². The number of nitrogens with one attached hydrogen (secondary N) is 1. The average molecular weight is 58.1 g/mol. The second-order valence-electron chi connectivity index (χ2n) is 0.382. The van der Waals surface area contributed by atoms with Crippen molar-refractivity contribution in [3.8, 4) is 0 Å². The Hall–Kier alpha value is -0.530. The van der Waals surface area contributed by atoms with Crippen molar-refractivity contribution >= 4 is 6.72 Å². The summed E-state index contributed by atoms with van der Waals surface area (Å²) in [6.45, 7) is 3.19. The molecule has 0 spiro atoms. The molecule has 1 N–H and O–H groups in total. The van der Waals surface area contributed by atoms with Gasteiger partial charge < -0.3 is 5.43 Å². The van der Waals surface area contributed by atoms with Crippen molar-refractivity contribution < 1.29 is 5.10 Å². The number of hydrogen-bond acceptors (Lipinski definition) is 0. The maximum Gasteiger partial charge on any atom is 0.120 e. The monoisotopic (exact) mass is 58.1 g/mol. The lowest BCUT2D eigenvalue weighted by atomic mass is 11.5. The van der Waals surface area contributed by atoms with Gasteiger partial charge in [-0.2, -0.15) is 0 Å². The largest absolute Gasteiger partial charge is 0.446 e. The molecule has 2 heteroatoms. The van der Waals surface area contributed by atoms with Crippen molar-refractivity contribution in [3.63, 3.8) is 0 Å². The molecule has 0 aromatic carbocycles. The van der Waals surface area contributed by atoms with E-state index < -0.39 is 0 Å². The van der Waals surface area contributed by atoms with E-state index in [2.05, 4.69) is 17.2 Å². The van der Waals surface area contributed by atoms with E-state index in [1.807, 2.05) is 0 Å². The molecule has 0 aliphatic heterocycles. The molecule has 0 aromatic heterocycles. The van der Waals surface area contributed by atoms with E-state index in [0.717, 1.165) is 0 Å². The Morgan fingerprint density at radius 2 is 2.25 bits per heavy atom. The van der Waals surface area contributed by atoms with Crippen LogP contribution in [0.25, 0.3) is 5.43 Å². The number of rotatable bonds is 1. The predicted octanol–water partition coefficient (Wildman–Crippen LogP) is -1.31. The topological polar surface area (TPSA) is 28.1 Å². The molecule has 0 bridgehead atoms. The molecule has 0 saturated heterocycles. The Morgan fingerprint density at radius 1 is 2.00 bits per heavy atom. The van der Waals surface area contributed by atoms with Gasteiger partial charge in [-0.25, -0.2) is 0 Å². The number of hydrogen-bond donors (Lipinski definition) is 1. The van der Waals surface area contributed by atoms with Crippen molar-refractivity contribution in [2.75, 3.05) is 7.05 Å². The molecule has 0 saturated carbocycles. The van der Waals surface area contributed by atoms with Crippen LogP contribution in [0.1, 0.15) is 0 Å². The Labute approximate surface area is 25.5 Å². The Morgan fingerprint density at radius 3 is 2.25 bits per heavy atom. The van der Waals surface area contributed by atoms with Crippen LogP contribution in [-0.4, -0.2) is 13.8 Å². The summed E-state index contributed by atoms with van der Waals surface area (Å²) in [4.78, 5) is 0. The predicted molar refractivity (Wildman–Crippen MR) is 17.4 cm³/mol. The van der Waals surface area contributed by atoms with Gasteiger partial charge in [0.05, 0.1) is 0 Å². The fourth-order valence-electron chi connectivity index (χ4n) is 0. The third-order valence-corrected chi connectivity index (χ3v) is 0.158. The quantitative estimate of drug-likeness (QED) is 0.286. The normalized spacial score (nSPS) is 5.25. The third-order valence-electron chi connectivity index (χ3n) is 0.158. The first kappa shape index (κ1) is 3.47. The lowest BCUT2D eigenvalue weighted by Gasteiger charge is -1.82. The highest BCUT2D eigenvalue weighted by molar-refractivity contribution is 5.12. The summed E-state index contributed by atoms with van der Waals surface area (Å²) < 4.78 is 0. The standard InChI is InChI=1S/C2H6N2/c1-3-4-2/h3H,1H2,2H3. The van der Waals surface area contributed by atoms with Crippen LogP contribution in [0.4, 0.5) is 0 Å². The van der Waals surface area contributed by atoms with Gasteiger partial charge in [0.1, 0.15) is 6.72 Å². The molecule has 0 unspecified atom stereocenters. The first-order chi connectivity index (χ1) is 1.91. The van der Waals surface area contributed by atoms with Gasteiger partial charge in [-0.15, -0.1) is 0 Å². The van der Waals surface area contributed by atoms with E-state index in [1.165, 1.54) is 0 Å². The highest BCUT2D eigenvalue weighted by Crippen LogP contribution is 1.30. The summed E-state index contributed by atoms with van der Waals surface area (Å²) in [7, 11) is 1.63. The summed E-state index contributed by atoms with van der Waals surface area (Å²) >= 11 is 0. The third kappa shape index (κ3) is 1.47. The van der Waals surface area contributed by atoms with Gasteiger partial charge in [0.25, 0.3) is 0 Å². The Kier molecular flexibility index (Phi) is 2.14. The van der Waals surface area contributed by atoms with Gasteiger partial charge in [-0.1, -0.05) is 7.05 Å². The SMILES string of the molecule is C=[NH+][N-]C. The van der Waals surface area contributed by atoms with E-state index >= 15 is 0 Å². The molecule has 0 fully saturated rings. The minimum absolute atomic E-state index is 1.63. The van der Waals surface area contributed by atoms with Crippen molar-refractivity contribution in [3.05, 3.63) is 5.43 Å². The second-order valence-corrected chi connectivity index (χ2v) is 0.382. The van der Waals surface area contributed by atoms with Crippen LogP contribution in [0.3, 0.4) is 0 Å². The van der Waals surface area contributed by atoms with Gasteiger partial charge in [0.2, 0.25) is 0 Å². The average Bonchev–Trinajstić information content (AvgIpc) is 1.37. The molecule has 0 aromatic rings. The van der Waals surface area contributed by atoms with E-state index in [1.54, 1.807) is 7.05 Å². The molecule has 0 amide bonds. The fourth-order valence-corrected chi connectivity index (χ4v) is 0. The minimum atomic E-state index is 1.63. The zero-order valence-corrected chi connectivity index (χ0v) is 2.65. The van der Waals surface area contributed by atoms with Gasteiger partial charge in [0, 0.05) is 0 Å². The van der Waals surface area contributed by atoms with Gasteiger partial charge in [-0.3, -0.25) is 5.10 Å². The van der Waals surface area contributed by atoms with Crippen molar-refractivity contribution in [1.29, 1.82) is 0 Å². The van der Waals surface area contributed by atoms with Crippen LogP contribution in [0, 0.1) is 0 Å². The summed E-state index contributed by atoms with van der Waals surface area (Å²) in [5, 5.41) is 2.31. The van der Waals surface area contributed by atoms with E-state index in [-0.39, 0.29) is 0 Å². The maximum absolute atomic E-state index is 3.38. The zero-order valence-electron chi connectivity index (χ0n) is 2.65. The second kappa shape index (κ2) is 2.47.